The molecule has 0 bridgehead atoms. The van der Waals surface area contributed by atoms with Gasteiger partial charge in [0.15, 0.2) is 11.6 Å². The van der Waals surface area contributed by atoms with E-state index in [1.54, 1.807) is 19.2 Å². The predicted molar refractivity (Wildman–Crippen MR) is 113 cm³/mol. The molecule has 3 rings (SSSR count). The molecule has 0 aromatic heterocycles. The molecule has 0 amide bonds. The number of nitrogens with one attached hydrogen (secondary N) is 1. The Kier molecular flexibility index (Phi) is 7.64. The lowest BCUT2D eigenvalue weighted by molar-refractivity contribution is -0.0450. The van der Waals surface area contributed by atoms with E-state index >= 15 is 0 Å². The molecule has 29 heavy (non-hydrogen) atoms. The van der Waals surface area contributed by atoms with Gasteiger partial charge in [-0.15, -0.1) is 0 Å². The number of hydrogen-bond acceptors (Lipinski definition) is 4. The molecule has 2 aromatic carbocycles. The quantitative estimate of drug-likeness (QED) is 0.585. The highest BCUT2D eigenvalue weighted by atomic mass is 19.1. The molecule has 0 spiro atoms. The molecule has 2 N–H and O–H groups in total. The molecule has 2 aromatic rings. The van der Waals surface area contributed by atoms with Crippen LogP contribution in [0.3, 0.4) is 0 Å². The normalized spacial score (nSPS) is 19.0. The fourth-order valence-electron chi connectivity index (χ4n) is 4.14. The van der Waals surface area contributed by atoms with Crippen molar-refractivity contribution >= 4 is 0 Å². The molecule has 1 heterocycles. The maximum absolute atomic E-state index is 14.9. The first-order valence-corrected chi connectivity index (χ1v) is 10.5. The number of halogens is 1. The third kappa shape index (κ3) is 5.35. The summed E-state index contributed by atoms with van der Waals surface area (Å²) in [5.41, 5.74) is 0.474. The maximum Gasteiger partial charge on any atom is 0.169 e. The number of hydrogen-bond donors (Lipinski definition) is 2. The van der Waals surface area contributed by atoms with Gasteiger partial charge in [0, 0.05) is 31.7 Å². The molecule has 2 atom stereocenters. The Morgan fingerprint density at radius 3 is 2.66 bits per heavy atom. The zero-order chi connectivity index (χ0) is 20.7. The number of aryl methyl sites for hydroxylation is 1. The number of methoxy groups -OCH3 is 1. The molecule has 1 saturated heterocycles. The lowest BCUT2D eigenvalue weighted by atomic mass is 9.74. The first-order valence-electron chi connectivity index (χ1n) is 10.5. The van der Waals surface area contributed by atoms with Crippen LogP contribution in [0.1, 0.15) is 43.2 Å². The number of aliphatic hydroxyl groups is 1. The number of benzene rings is 2. The molecule has 0 aliphatic carbocycles. The minimum Gasteiger partial charge on any atom is -0.454 e. The van der Waals surface area contributed by atoms with Gasteiger partial charge in [0.05, 0.1) is 5.60 Å². The molecule has 4 nitrogen and oxygen atoms in total. The minimum absolute atomic E-state index is 0.000891. The average molecular weight is 402 g/mol. The van der Waals surface area contributed by atoms with Crippen LogP contribution in [0.15, 0.2) is 42.5 Å². The van der Waals surface area contributed by atoms with Crippen molar-refractivity contribution in [2.45, 2.75) is 44.6 Å². The summed E-state index contributed by atoms with van der Waals surface area (Å²) in [4.78, 5) is 0. The van der Waals surface area contributed by atoms with E-state index < -0.39 is 11.4 Å². The summed E-state index contributed by atoms with van der Waals surface area (Å²) in [5, 5.41) is 15.3. The van der Waals surface area contributed by atoms with Gasteiger partial charge in [-0.3, -0.25) is 0 Å². The van der Waals surface area contributed by atoms with Gasteiger partial charge < -0.3 is 19.9 Å². The first kappa shape index (κ1) is 21.8. The molecule has 0 radical (unpaired) electrons. The largest absolute Gasteiger partial charge is 0.454 e. The fourth-order valence-corrected chi connectivity index (χ4v) is 4.14. The van der Waals surface area contributed by atoms with Crippen LogP contribution in [0.4, 0.5) is 4.39 Å². The Morgan fingerprint density at radius 1 is 1.17 bits per heavy atom. The average Bonchev–Trinajstić information content (AvgIpc) is 2.74. The van der Waals surface area contributed by atoms with E-state index in [1.165, 1.54) is 6.07 Å². The van der Waals surface area contributed by atoms with Crippen molar-refractivity contribution < 1.29 is 19.0 Å². The van der Waals surface area contributed by atoms with E-state index in [0.29, 0.717) is 30.9 Å². The summed E-state index contributed by atoms with van der Waals surface area (Å²) >= 11 is 0. The van der Waals surface area contributed by atoms with E-state index in [9.17, 15) is 9.50 Å². The highest BCUT2D eigenvalue weighted by molar-refractivity contribution is 5.43. The van der Waals surface area contributed by atoms with Crippen molar-refractivity contribution in [3.63, 3.8) is 0 Å². The second kappa shape index (κ2) is 10.2. The van der Waals surface area contributed by atoms with Gasteiger partial charge in [0.25, 0.3) is 0 Å². The number of rotatable bonds is 9. The topological polar surface area (TPSA) is 50.7 Å². The van der Waals surface area contributed by atoms with Gasteiger partial charge in [0.1, 0.15) is 5.75 Å². The van der Waals surface area contributed by atoms with Crippen LogP contribution in [0.5, 0.6) is 11.5 Å². The van der Waals surface area contributed by atoms with E-state index in [1.807, 2.05) is 31.2 Å². The van der Waals surface area contributed by atoms with E-state index in [0.717, 1.165) is 37.8 Å². The highest BCUT2D eigenvalue weighted by Gasteiger charge is 2.41. The van der Waals surface area contributed by atoms with Gasteiger partial charge in [0.2, 0.25) is 0 Å². The summed E-state index contributed by atoms with van der Waals surface area (Å²) < 4.78 is 26.0. The molecular formula is C24H32FNO3. The molecule has 1 unspecified atom stereocenters. The Labute approximate surface area is 173 Å². The predicted octanol–water partition coefficient (Wildman–Crippen LogP) is 4.93. The van der Waals surface area contributed by atoms with E-state index in [-0.39, 0.29) is 11.7 Å². The van der Waals surface area contributed by atoms with Crippen LogP contribution in [0.25, 0.3) is 0 Å². The summed E-state index contributed by atoms with van der Waals surface area (Å²) in [6.07, 6.45) is 4.07. The Hall–Kier alpha value is -1.95. The number of para-hydroxylation sites is 1. The summed E-state index contributed by atoms with van der Waals surface area (Å²) in [6, 6.07) is 12.4. The smallest absolute Gasteiger partial charge is 0.169 e. The number of piperidine rings is 1. The molecule has 0 saturated carbocycles. The monoisotopic (exact) mass is 401 g/mol. The molecule has 1 aliphatic heterocycles. The molecule has 158 valence electrons. The minimum atomic E-state index is -1.16. The van der Waals surface area contributed by atoms with Gasteiger partial charge in [-0.1, -0.05) is 29.8 Å². The van der Waals surface area contributed by atoms with Crippen LogP contribution in [-0.4, -0.2) is 31.9 Å². The van der Waals surface area contributed by atoms with Crippen molar-refractivity contribution in [1.82, 2.24) is 5.32 Å². The molecule has 1 fully saturated rings. The van der Waals surface area contributed by atoms with Gasteiger partial charge >= 0.3 is 0 Å². The van der Waals surface area contributed by atoms with Crippen LogP contribution < -0.4 is 10.1 Å². The van der Waals surface area contributed by atoms with Crippen molar-refractivity contribution in [3.05, 3.63) is 59.4 Å². The Bertz CT molecular complexity index is 774. The van der Waals surface area contributed by atoms with Gasteiger partial charge in [-0.05, 0) is 63.8 Å². The van der Waals surface area contributed by atoms with Crippen molar-refractivity contribution in [2.24, 2.45) is 5.92 Å². The highest BCUT2D eigenvalue weighted by Crippen LogP contribution is 2.44. The second-order valence-corrected chi connectivity index (χ2v) is 7.95. The number of ether oxygens (including phenoxy) is 2. The molecule has 1 aliphatic rings. The fraction of sp³-hybridized carbons (Fsp3) is 0.500. The van der Waals surface area contributed by atoms with Crippen molar-refractivity contribution in [3.8, 4) is 11.5 Å². The zero-order valence-electron chi connectivity index (χ0n) is 17.4. The van der Waals surface area contributed by atoms with Crippen LogP contribution in [0.2, 0.25) is 0 Å². The van der Waals surface area contributed by atoms with Crippen LogP contribution in [-0.2, 0) is 10.3 Å². The lowest BCUT2D eigenvalue weighted by Gasteiger charge is -2.40. The van der Waals surface area contributed by atoms with Crippen LogP contribution in [0, 0.1) is 18.7 Å². The first-order chi connectivity index (χ1) is 14.0. The third-order valence-corrected chi connectivity index (χ3v) is 5.80. The van der Waals surface area contributed by atoms with Gasteiger partial charge in [-0.2, -0.15) is 0 Å². The Morgan fingerprint density at radius 2 is 1.97 bits per heavy atom. The SMILES string of the molecule is COCCCC[C@@](O)(c1cccc(F)c1Oc1ccc(C)cc1)C1CCCNC1. The van der Waals surface area contributed by atoms with Crippen molar-refractivity contribution in [2.75, 3.05) is 26.8 Å². The van der Waals surface area contributed by atoms with Crippen molar-refractivity contribution in [1.29, 1.82) is 0 Å². The summed E-state index contributed by atoms with van der Waals surface area (Å²) in [6.45, 7) is 4.30. The van der Waals surface area contributed by atoms with Crippen LogP contribution >= 0.6 is 0 Å². The number of unbranched alkanes of at least 4 members (excludes halogenated alkanes) is 1. The lowest BCUT2D eigenvalue weighted by Crippen LogP contribution is -2.44. The molecule has 5 heteroatoms. The third-order valence-electron chi connectivity index (χ3n) is 5.80. The second-order valence-electron chi connectivity index (χ2n) is 7.95. The zero-order valence-corrected chi connectivity index (χ0v) is 17.4. The summed E-state index contributed by atoms with van der Waals surface area (Å²) in [5.74, 6) is 0.227. The van der Waals surface area contributed by atoms with E-state index in [2.05, 4.69) is 5.32 Å². The summed E-state index contributed by atoms with van der Waals surface area (Å²) in [7, 11) is 1.68. The maximum atomic E-state index is 14.9. The van der Waals surface area contributed by atoms with E-state index in [4.69, 9.17) is 9.47 Å². The Balaban J connectivity index is 1.95. The standard InChI is InChI=1S/C24H32FNO3/c1-18-10-12-20(13-11-18)29-23-21(8-5-9-22(23)25)24(27,14-3-4-16-28-2)19-7-6-15-26-17-19/h5,8-13,19,26-27H,3-4,6-7,14-17H2,1-2H3/t19?,24-/m0/s1. The molecular weight excluding hydrogens is 369 g/mol. The van der Waals surface area contributed by atoms with Gasteiger partial charge in [-0.25, -0.2) is 4.39 Å².